The fourth-order valence-corrected chi connectivity index (χ4v) is 2.42. The van der Waals surface area contributed by atoms with Gasteiger partial charge >= 0.3 is 10.4 Å². The molecule has 76 valence electrons. The fourth-order valence-electron chi connectivity index (χ4n) is 1.56. The van der Waals surface area contributed by atoms with Crippen LogP contribution in [0.5, 0.6) is 0 Å². The minimum absolute atomic E-state index is 0.135. The lowest BCUT2D eigenvalue weighted by atomic mass is 9.82. The minimum Gasteiger partial charge on any atom is -0.381 e. The highest BCUT2D eigenvalue weighted by molar-refractivity contribution is 7.81. The minimum atomic E-state index is -3.70. The van der Waals surface area contributed by atoms with Gasteiger partial charge in [0.25, 0.3) is 0 Å². The van der Waals surface area contributed by atoms with Crippen molar-refractivity contribution in [2.24, 2.45) is 5.41 Å². The summed E-state index contributed by atoms with van der Waals surface area (Å²) in [7, 11) is -3.70. The molecule has 0 atom stereocenters. The maximum atomic E-state index is 10.8. The second-order valence-electron chi connectivity index (χ2n) is 3.54. The Morgan fingerprint density at radius 2 is 1.54 bits per heavy atom. The Hall–Kier alpha value is -0.170. The third kappa shape index (κ3) is 2.01. The molecule has 0 aliphatic carbocycles. The van der Waals surface area contributed by atoms with Gasteiger partial charge < -0.3 is 4.74 Å². The molecule has 0 saturated carbocycles. The summed E-state index contributed by atoms with van der Waals surface area (Å²) in [6.45, 7) is 1.79. The van der Waals surface area contributed by atoms with E-state index < -0.39 is 10.4 Å². The summed E-state index contributed by atoms with van der Waals surface area (Å²) in [5.41, 5.74) is -0.135. The summed E-state index contributed by atoms with van der Waals surface area (Å²) < 4.78 is 36.1. The molecule has 1 spiro atoms. The van der Waals surface area contributed by atoms with E-state index in [-0.39, 0.29) is 18.6 Å². The van der Waals surface area contributed by atoms with Gasteiger partial charge in [0.05, 0.1) is 13.2 Å². The van der Waals surface area contributed by atoms with Crippen molar-refractivity contribution in [1.29, 1.82) is 0 Å². The molecule has 2 saturated heterocycles. The van der Waals surface area contributed by atoms with E-state index in [1.54, 1.807) is 0 Å². The number of rotatable bonds is 0. The van der Waals surface area contributed by atoms with Crippen LogP contribution in [0, 0.1) is 5.41 Å². The summed E-state index contributed by atoms with van der Waals surface area (Å²) in [6.07, 6.45) is 1.62. The van der Waals surface area contributed by atoms with Gasteiger partial charge in [-0.2, -0.15) is 8.42 Å². The Morgan fingerprint density at radius 1 is 1.00 bits per heavy atom. The number of ether oxygens (including phenoxy) is 1. The lowest BCUT2D eigenvalue weighted by Crippen LogP contribution is -2.43. The molecule has 2 rings (SSSR count). The molecule has 2 fully saturated rings. The Bertz CT molecular complexity index is 261. The maximum absolute atomic E-state index is 10.8. The molecule has 2 aliphatic heterocycles. The second kappa shape index (κ2) is 3.20. The van der Waals surface area contributed by atoms with Crippen LogP contribution >= 0.6 is 0 Å². The van der Waals surface area contributed by atoms with E-state index in [1.165, 1.54) is 0 Å². The molecular weight excluding hydrogens is 196 g/mol. The SMILES string of the molecule is O=S1(=O)OCC2(CCOCC2)CO1. The zero-order valence-corrected chi connectivity index (χ0v) is 8.01. The predicted octanol–water partition coefficient (Wildman–Crippen LogP) is 0.0748. The van der Waals surface area contributed by atoms with Crippen LogP contribution in [0.25, 0.3) is 0 Å². The summed E-state index contributed by atoms with van der Waals surface area (Å²) in [6, 6.07) is 0. The van der Waals surface area contributed by atoms with Crippen molar-refractivity contribution in [3.63, 3.8) is 0 Å². The van der Waals surface area contributed by atoms with Crippen LogP contribution in [0.1, 0.15) is 12.8 Å². The van der Waals surface area contributed by atoms with Gasteiger partial charge in [-0.05, 0) is 12.8 Å². The predicted molar refractivity (Wildman–Crippen MR) is 43.3 cm³/mol. The molecule has 0 aromatic heterocycles. The van der Waals surface area contributed by atoms with Gasteiger partial charge in [0.1, 0.15) is 0 Å². The first-order chi connectivity index (χ1) is 6.12. The molecule has 0 aromatic rings. The van der Waals surface area contributed by atoms with Gasteiger partial charge in [0, 0.05) is 18.6 Å². The van der Waals surface area contributed by atoms with Crippen molar-refractivity contribution >= 4 is 10.4 Å². The van der Waals surface area contributed by atoms with Crippen LogP contribution in [0.2, 0.25) is 0 Å². The molecule has 13 heavy (non-hydrogen) atoms. The van der Waals surface area contributed by atoms with Gasteiger partial charge in [-0.3, -0.25) is 0 Å². The van der Waals surface area contributed by atoms with E-state index in [2.05, 4.69) is 8.37 Å². The van der Waals surface area contributed by atoms with E-state index in [9.17, 15) is 8.42 Å². The van der Waals surface area contributed by atoms with Crippen molar-refractivity contribution in [2.75, 3.05) is 26.4 Å². The van der Waals surface area contributed by atoms with E-state index >= 15 is 0 Å². The normalized spacial score (nSPS) is 31.7. The van der Waals surface area contributed by atoms with Crippen LogP contribution < -0.4 is 0 Å². The van der Waals surface area contributed by atoms with Crippen molar-refractivity contribution in [3.8, 4) is 0 Å². The number of hydrogen-bond acceptors (Lipinski definition) is 5. The highest BCUT2D eigenvalue weighted by atomic mass is 32.3. The smallest absolute Gasteiger partial charge is 0.381 e. The van der Waals surface area contributed by atoms with Gasteiger partial charge in [-0.25, -0.2) is 8.37 Å². The molecule has 0 unspecified atom stereocenters. The Labute approximate surface area is 77.3 Å². The third-order valence-corrected chi connectivity index (χ3v) is 3.39. The van der Waals surface area contributed by atoms with Gasteiger partial charge in [0.15, 0.2) is 0 Å². The molecule has 0 bridgehead atoms. The Kier molecular flexibility index (Phi) is 2.31. The highest BCUT2D eigenvalue weighted by Crippen LogP contribution is 2.35. The van der Waals surface area contributed by atoms with E-state index in [0.29, 0.717) is 13.2 Å². The van der Waals surface area contributed by atoms with Crippen molar-refractivity contribution in [2.45, 2.75) is 12.8 Å². The van der Waals surface area contributed by atoms with Crippen LogP contribution in [0.3, 0.4) is 0 Å². The third-order valence-electron chi connectivity index (χ3n) is 2.57. The largest absolute Gasteiger partial charge is 0.399 e. The average Bonchev–Trinajstić information content (AvgIpc) is 2.13. The summed E-state index contributed by atoms with van der Waals surface area (Å²) in [5, 5.41) is 0. The van der Waals surface area contributed by atoms with Crippen molar-refractivity contribution in [3.05, 3.63) is 0 Å². The zero-order chi connectivity index (χ0) is 9.36. The molecular formula is C7H12O5S. The summed E-state index contributed by atoms with van der Waals surface area (Å²) >= 11 is 0. The van der Waals surface area contributed by atoms with Crippen LogP contribution in [0.15, 0.2) is 0 Å². The Morgan fingerprint density at radius 3 is 2.08 bits per heavy atom. The lowest BCUT2D eigenvalue weighted by Gasteiger charge is -2.38. The van der Waals surface area contributed by atoms with Gasteiger partial charge in [-0.1, -0.05) is 0 Å². The first-order valence-electron chi connectivity index (χ1n) is 4.24. The maximum Gasteiger partial charge on any atom is 0.399 e. The molecule has 0 N–H and O–H groups in total. The van der Waals surface area contributed by atoms with Crippen molar-refractivity contribution in [1.82, 2.24) is 0 Å². The van der Waals surface area contributed by atoms with E-state index in [1.807, 2.05) is 0 Å². The first-order valence-corrected chi connectivity index (χ1v) is 5.57. The van der Waals surface area contributed by atoms with Crippen molar-refractivity contribution < 1.29 is 21.5 Å². The first kappa shape index (κ1) is 9.39. The fraction of sp³-hybridized carbons (Fsp3) is 1.00. The topological polar surface area (TPSA) is 61.8 Å². The highest BCUT2D eigenvalue weighted by Gasteiger charge is 2.40. The van der Waals surface area contributed by atoms with Crippen LogP contribution in [-0.4, -0.2) is 34.8 Å². The summed E-state index contributed by atoms with van der Waals surface area (Å²) in [5.74, 6) is 0. The molecule has 2 aliphatic rings. The number of hydrogen-bond donors (Lipinski definition) is 0. The molecule has 0 aromatic carbocycles. The van der Waals surface area contributed by atoms with Crippen LogP contribution in [0.4, 0.5) is 0 Å². The average molecular weight is 208 g/mol. The molecule has 0 radical (unpaired) electrons. The van der Waals surface area contributed by atoms with E-state index in [4.69, 9.17) is 4.74 Å². The van der Waals surface area contributed by atoms with Gasteiger partial charge in [0.2, 0.25) is 0 Å². The lowest BCUT2D eigenvalue weighted by molar-refractivity contribution is -0.0567. The van der Waals surface area contributed by atoms with Gasteiger partial charge in [-0.15, -0.1) is 0 Å². The second-order valence-corrected chi connectivity index (χ2v) is 4.83. The summed E-state index contributed by atoms with van der Waals surface area (Å²) in [4.78, 5) is 0. The van der Waals surface area contributed by atoms with E-state index in [0.717, 1.165) is 12.8 Å². The molecule has 6 heteroatoms. The monoisotopic (exact) mass is 208 g/mol. The standard InChI is InChI=1S/C7H12O5S/c8-13(9)11-5-7(6-12-13)1-3-10-4-2-7/h1-6H2. The molecule has 2 heterocycles. The molecule has 5 nitrogen and oxygen atoms in total. The molecule has 0 amide bonds. The Balaban J connectivity index is 2.03. The zero-order valence-electron chi connectivity index (χ0n) is 7.19. The quantitative estimate of drug-likeness (QED) is 0.564. The van der Waals surface area contributed by atoms with Crippen LogP contribution in [-0.2, 0) is 23.5 Å².